The van der Waals surface area contributed by atoms with Gasteiger partial charge in [0.25, 0.3) is 11.5 Å². The molecule has 2 aromatic rings. The molecule has 0 fully saturated rings. The summed E-state index contributed by atoms with van der Waals surface area (Å²) in [4.78, 5) is 37.2. The standard InChI is InChI=1S/C18H20N2O5/c1-3-11(2)13-6-4-5-7-14(13)19-17(23)10-25-18(24)12-8-15(21)20-16(22)9-12/h4-9,11H,3,10H2,1-2H3,(H,19,23)(H2,20,21,22). The lowest BCUT2D eigenvalue weighted by Gasteiger charge is -2.15. The molecule has 0 saturated carbocycles. The van der Waals surface area contributed by atoms with E-state index in [4.69, 9.17) is 4.74 Å². The van der Waals surface area contributed by atoms with E-state index in [9.17, 15) is 19.5 Å². The van der Waals surface area contributed by atoms with Gasteiger partial charge in [-0.2, -0.15) is 0 Å². The first-order valence-electron chi connectivity index (χ1n) is 7.90. The van der Waals surface area contributed by atoms with Gasteiger partial charge in [-0.15, -0.1) is 0 Å². The molecule has 25 heavy (non-hydrogen) atoms. The monoisotopic (exact) mass is 344 g/mol. The van der Waals surface area contributed by atoms with Gasteiger partial charge in [-0.05, 0) is 24.0 Å². The molecule has 1 unspecified atom stereocenters. The van der Waals surface area contributed by atoms with Crippen molar-refractivity contribution >= 4 is 17.6 Å². The summed E-state index contributed by atoms with van der Waals surface area (Å²) in [5.41, 5.74) is 0.906. The van der Waals surface area contributed by atoms with Crippen molar-refractivity contribution in [2.75, 3.05) is 11.9 Å². The number of para-hydroxylation sites is 1. The molecule has 0 aliphatic carbocycles. The van der Waals surface area contributed by atoms with E-state index < -0.39 is 29.9 Å². The lowest BCUT2D eigenvalue weighted by molar-refractivity contribution is -0.119. The molecule has 1 aromatic heterocycles. The first-order valence-corrected chi connectivity index (χ1v) is 7.90. The lowest BCUT2D eigenvalue weighted by atomic mass is 9.97. The van der Waals surface area contributed by atoms with Crippen molar-refractivity contribution in [2.45, 2.75) is 26.2 Å². The zero-order valence-electron chi connectivity index (χ0n) is 14.0. The Hall–Kier alpha value is -3.09. The van der Waals surface area contributed by atoms with Crippen LogP contribution < -0.4 is 10.9 Å². The summed E-state index contributed by atoms with van der Waals surface area (Å²) in [7, 11) is 0. The van der Waals surface area contributed by atoms with E-state index >= 15 is 0 Å². The molecular weight excluding hydrogens is 324 g/mol. The highest BCUT2D eigenvalue weighted by molar-refractivity contribution is 5.96. The van der Waals surface area contributed by atoms with Crippen molar-refractivity contribution in [3.05, 3.63) is 57.9 Å². The second-order valence-corrected chi connectivity index (χ2v) is 5.64. The number of aromatic amines is 1. The van der Waals surface area contributed by atoms with Crippen LogP contribution in [0.5, 0.6) is 5.88 Å². The Labute approximate surface area is 144 Å². The van der Waals surface area contributed by atoms with E-state index in [1.54, 1.807) is 6.07 Å². The molecule has 0 saturated heterocycles. The van der Waals surface area contributed by atoms with Gasteiger partial charge in [-0.1, -0.05) is 32.0 Å². The number of carbonyl (C=O) groups is 2. The number of hydrogen-bond acceptors (Lipinski definition) is 5. The van der Waals surface area contributed by atoms with Crippen LogP contribution in [-0.4, -0.2) is 28.6 Å². The van der Waals surface area contributed by atoms with E-state index in [1.165, 1.54) is 0 Å². The fourth-order valence-electron chi connectivity index (χ4n) is 2.31. The minimum absolute atomic E-state index is 0.131. The Kier molecular flexibility index (Phi) is 5.94. The molecule has 7 heteroatoms. The highest BCUT2D eigenvalue weighted by atomic mass is 16.5. The van der Waals surface area contributed by atoms with Crippen molar-refractivity contribution in [2.24, 2.45) is 0 Å². The molecule has 0 aliphatic heterocycles. The van der Waals surface area contributed by atoms with E-state index in [0.717, 1.165) is 24.1 Å². The summed E-state index contributed by atoms with van der Waals surface area (Å²) in [5, 5.41) is 12.0. The molecule has 3 N–H and O–H groups in total. The van der Waals surface area contributed by atoms with Crippen molar-refractivity contribution in [1.82, 2.24) is 4.98 Å². The van der Waals surface area contributed by atoms with Gasteiger partial charge in [-0.25, -0.2) is 4.79 Å². The topological polar surface area (TPSA) is 108 Å². The van der Waals surface area contributed by atoms with Crippen LogP contribution in [-0.2, 0) is 9.53 Å². The van der Waals surface area contributed by atoms with Crippen molar-refractivity contribution in [3.63, 3.8) is 0 Å². The molecule has 132 valence electrons. The lowest BCUT2D eigenvalue weighted by Crippen LogP contribution is -2.22. The summed E-state index contributed by atoms with van der Waals surface area (Å²) in [5.74, 6) is -1.53. The average molecular weight is 344 g/mol. The van der Waals surface area contributed by atoms with Crippen LogP contribution >= 0.6 is 0 Å². The molecule has 1 amide bonds. The van der Waals surface area contributed by atoms with Gasteiger partial charge in [0.05, 0.1) is 5.56 Å². The molecular formula is C18H20N2O5. The molecule has 1 atom stereocenters. The highest BCUT2D eigenvalue weighted by Gasteiger charge is 2.14. The van der Waals surface area contributed by atoms with Gasteiger partial charge < -0.3 is 15.2 Å². The third-order valence-corrected chi connectivity index (χ3v) is 3.78. The maximum atomic E-state index is 12.0. The summed E-state index contributed by atoms with van der Waals surface area (Å²) in [6.45, 7) is 3.62. The molecule has 2 rings (SSSR count). The number of nitrogens with one attached hydrogen (secondary N) is 2. The van der Waals surface area contributed by atoms with Crippen LogP contribution in [0.4, 0.5) is 5.69 Å². The summed E-state index contributed by atoms with van der Waals surface area (Å²) < 4.78 is 4.88. The van der Waals surface area contributed by atoms with Gasteiger partial charge in [-0.3, -0.25) is 14.6 Å². The van der Waals surface area contributed by atoms with Crippen molar-refractivity contribution in [3.8, 4) is 5.88 Å². The largest absolute Gasteiger partial charge is 0.494 e. The normalized spacial score (nSPS) is 11.6. The second kappa shape index (κ2) is 8.14. The van der Waals surface area contributed by atoms with Gasteiger partial charge in [0.15, 0.2) is 12.5 Å². The quantitative estimate of drug-likeness (QED) is 0.697. The molecule has 1 aromatic carbocycles. The predicted molar refractivity (Wildman–Crippen MR) is 92.8 cm³/mol. The molecule has 1 heterocycles. The number of benzene rings is 1. The van der Waals surface area contributed by atoms with Crippen LogP contribution in [0, 0.1) is 0 Å². The van der Waals surface area contributed by atoms with Gasteiger partial charge in [0.2, 0.25) is 0 Å². The molecule has 0 spiro atoms. The van der Waals surface area contributed by atoms with Gasteiger partial charge in [0.1, 0.15) is 0 Å². The van der Waals surface area contributed by atoms with Crippen LogP contribution in [0.25, 0.3) is 0 Å². The SMILES string of the molecule is CCC(C)c1ccccc1NC(=O)COC(=O)c1cc(O)[nH]c(=O)c1. The average Bonchev–Trinajstić information content (AvgIpc) is 2.58. The maximum Gasteiger partial charge on any atom is 0.339 e. The van der Waals surface area contributed by atoms with Crippen LogP contribution in [0.2, 0.25) is 0 Å². The number of ether oxygens (including phenoxy) is 1. The Morgan fingerprint density at radius 2 is 2.00 bits per heavy atom. The molecule has 7 nitrogen and oxygen atoms in total. The number of aromatic hydroxyl groups is 1. The van der Waals surface area contributed by atoms with E-state index in [-0.39, 0.29) is 11.5 Å². The fourth-order valence-corrected chi connectivity index (χ4v) is 2.31. The van der Waals surface area contributed by atoms with Crippen molar-refractivity contribution < 1.29 is 19.4 Å². The molecule has 0 bridgehead atoms. The first-order chi connectivity index (χ1) is 11.9. The third kappa shape index (κ3) is 4.94. The maximum absolute atomic E-state index is 12.0. The van der Waals surface area contributed by atoms with Crippen molar-refractivity contribution in [1.29, 1.82) is 0 Å². The highest BCUT2D eigenvalue weighted by Crippen LogP contribution is 2.26. The summed E-state index contributed by atoms with van der Waals surface area (Å²) >= 11 is 0. The van der Waals surface area contributed by atoms with Crippen LogP contribution in [0.3, 0.4) is 0 Å². The molecule has 0 aliphatic rings. The number of pyridine rings is 1. The molecule has 0 radical (unpaired) electrons. The van der Waals surface area contributed by atoms with E-state index in [0.29, 0.717) is 5.69 Å². The Morgan fingerprint density at radius 3 is 2.68 bits per heavy atom. The number of anilines is 1. The predicted octanol–water partition coefficient (Wildman–Crippen LogP) is 2.39. The number of amides is 1. The second-order valence-electron chi connectivity index (χ2n) is 5.64. The minimum atomic E-state index is -0.869. The fraction of sp³-hybridized carbons (Fsp3) is 0.278. The first kappa shape index (κ1) is 18.3. The number of rotatable bonds is 6. The van der Waals surface area contributed by atoms with Crippen LogP contribution in [0.15, 0.2) is 41.2 Å². The Balaban J connectivity index is 1.99. The number of carbonyl (C=O) groups excluding carboxylic acids is 2. The zero-order chi connectivity index (χ0) is 18.4. The number of hydrogen-bond donors (Lipinski definition) is 3. The number of H-pyrrole nitrogens is 1. The van der Waals surface area contributed by atoms with E-state index in [2.05, 4.69) is 24.1 Å². The third-order valence-electron chi connectivity index (χ3n) is 3.78. The smallest absolute Gasteiger partial charge is 0.339 e. The number of aromatic nitrogens is 1. The minimum Gasteiger partial charge on any atom is -0.494 e. The Morgan fingerprint density at radius 1 is 1.28 bits per heavy atom. The summed E-state index contributed by atoms with van der Waals surface area (Å²) in [6.07, 6.45) is 0.925. The zero-order valence-corrected chi connectivity index (χ0v) is 14.0. The number of esters is 1. The van der Waals surface area contributed by atoms with Gasteiger partial charge in [0, 0.05) is 17.8 Å². The van der Waals surface area contributed by atoms with E-state index in [1.807, 2.05) is 18.2 Å². The Bertz CT molecular complexity index is 828. The van der Waals surface area contributed by atoms with Gasteiger partial charge >= 0.3 is 5.97 Å². The van der Waals surface area contributed by atoms with Crippen LogP contribution in [0.1, 0.15) is 42.1 Å². The summed E-state index contributed by atoms with van der Waals surface area (Å²) in [6, 6.07) is 9.48.